The molecule has 3 heterocycles. The Morgan fingerprint density at radius 2 is 2.13 bits per heavy atom. The minimum atomic E-state index is -4.14. The van der Waals surface area contributed by atoms with Crippen molar-refractivity contribution in [3.8, 4) is 0 Å². The molecule has 3 rings (SSSR count). The number of hydrogen-bond acceptors (Lipinski definition) is 10. The van der Waals surface area contributed by atoms with E-state index in [1.807, 2.05) is 0 Å². The van der Waals surface area contributed by atoms with Crippen LogP contribution >= 0.6 is 6.72 Å². The molecule has 0 amide bonds. The molecule has 1 saturated heterocycles. The van der Waals surface area contributed by atoms with Crippen molar-refractivity contribution in [1.82, 2.24) is 19.5 Å². The number of imidazole rings is 1. The van der Waals surface area contributed by atoms with E-state index < -0.39 is 37.9 Å². The Balaban J connectivity index is 1.85. The Morgan fingerprint density at radius 1 is 1.39 bits per heavy atom. The zero-order chi connectivity index (χ0) is 16.8. The van der Waals surface area contributed by atoms with Gasteiger partial charge in [0.25, 0.3) is 0 Å². The molecule has 0 radical (unpaired) electrons. The first-order chi connectivity index (χ1) is 10.8. The normalized spacial score (nSPS) is 30.6. The van der Waals surface area contributed by atoms with Crippen molar-refractivity contribution in [3.05, 3.63) is 12.7 Å². The van der Waals surface area contributed by atoms with Crippen LogP contribution < -0.4 is 10.6 Å². The number of nitrogen functional groups attached to an aromatic ring is 1. The first kappa shape index (κ1) is 16.6. The maximum absolute atomic E-state index is 11.0. The minimum absolute atomic E-state index is 0.161. The van der Waals surface area contributed by atoms with Gasteiger partial charge in [0.15, 0.2) is 17.7 Å². The lowest BCUT2D eigenvalue weighted by atomic mass is 10.1. The van der Waals surface area contributed by atoms with Crippen LogP contribution in [0.1, 0.15) is 6.23 Å². The third kappa shape index (κ3) is 3.20. The molecule has 2 unspecified atom stereocenters. The van der Waals surface area contributed by atoms with Gasteiger partial charge < -0.3 is 35.0 Å². The van der Waals surface area contributed by atoms with Crippen molar-refractivity contribution in [3.63, 3.8) is 0 Å². The molecule has 0 aromatic carbocycles. The van der Waals surface area contributed by atoms with Crippen molar-refractivity contribution in [1.29, 1.82) is 0 Å². The fourth-order valence-electron chi connectivity index (χ4n) is 2.32. The van der Waals surface area contributed by atoms with Crippen LogP contribution in [-0.4, -0.2) is 59.5 Å². The Morgan fingerprint density at radius 3 is 2.83 bits per heavy atom. The Kier molecular flexibility index (Phi) is 4.33. The molecule has 5 N–H and O–H groups in total. The van der Waals surface area contributed by atoms with Gasteiger partial charge >= 0.3 is 0 Å². The first-order valence-corrected chi connectivity index (χ1v) is 9.00. The molecule has 0 bridgehead atoms. The second kappa shape index (κ2) is 6.00. The maximum atomic E-state index is 11.0. The van der Waals surface area contributed by atoms with Gasteiger partial charge in [-0.15, -0.1) is 0 Å². The highest BCUT2D eigenvalue weighted by atomic mass is 32.5. The number of aliphatic hydroxyl groups excluding tert-OH is 2. The molecular formula is C10H13N5O6PS-. The average Bonchev–Trinajstić information content (AvgIpc) is 3.01. The molecule has 1 aliphatic heterocycles. The second-order valence-electron chi connectivity index (χ2n) is 4.89. The van der Waals surface area contributed by atoms with E-state index in [0.717, 1.165) is 0 Å². The lowest BCUT2D eigenvalue weighted by molar-refractivity contribution is -0.204. The van der Waals surface area contributed by atoms with Gasteiger partial charge in [0.2, 0.25) is 0 Å². The number of nitrogens with zero attached hydrogens (tertiary/aromatic N) is 4. The van der Waals surface area contributed by atoms with Gasteiger partial charge in [-0.05, 0) is 0 Å². The number of hydrogen-bond donors (Lipinski definition) is 4. The SMILES string of the molecule is Nc1ncnc2c1ncn2[C@@H]1O[C@H](COP([O-])(O)=S)C(O)[C@@H]1O. The van der Waals surface area contributed by atoms with Gasteiger partial charge in [-0.3, -0.25) is 4.57 Å². The van der Waals surface area contributed by atoms with Crippen LogP contribution in [0.3, 0.4) is 0 Å². The molecule has 0 spiro atoms. The van der Waals surface area contributed by atoms with Crippen LogP contribution in [0.25, 0.3) is 11.2 Å². The summed E-state index contributed by atoms with van der Waals surface area (Å²) >= 11 is 4.22. The Bertz CT molecular complexity index is 767. The number of fused-ring (bicyclic) bond motifs is 1. The predicted octanol–water partition coefficient (Wildman–Crippen LogP) is -2.38. The quantitative estimate of drug-likeness (QED) is 0.428. The van der Waals surface area contributed by atoms with Gasteiger partial charge in [0.05, 0.1) is 12.9 Å². The second-order valence-corrected chi connectivity index (χ2v) is 7.47. The fraction of sp³-hybridized carbons (Fsp3) is 0.500. The van der Waals surface area contributed by atoms with Crippen LogP contribution in [0.5, 0.6) is 0 Å². The molecule has 5 atom stereocenters. The van der Waals surface area contributed by atoms with E-state index in [-0.39, 0.29) is 5.82 Å². The molecule has 23 heavy (non-hydrogen) atoms. The van der Waals surface area contributed by atoms with Gasteiger partial charge in [-0.25, -0.2) is 15.0 Å². The summed E-state index contributed by atoms with van der Waals surface area (Å²) in [5.74, 6) is 0.161. The zero-order valence-corrected chi connectivity index (χ0v) is 13.2. The van der Waals surface area contributed by atoms with Crippen LogP contribution in [0.15, 0.2) is 12.7 Å². The van der Waals surface area contributed by atoms with E-state index in [4.69, 9.17) is 15.4 Å². The number of anilines is 1. The monoisotopic (exact) mass is 362 g/mol. The summed E-state index contributed by atoms with van der Waals surface area (Å²) in [6, 6.07) is 0. The Hall–Kier alpha value is -1.24. The lowest BCUT2D eigenvalue weighted by Gasteiger charge is -2.23. The maximum Gasteiger partial charge on any atom is 0.167 e. The predicted molar refractivity (Wildman–Crippen MR) is 78.1 cm³/mol. The van der Waals surface area contributed by atoms with Crippen molar-refractivity contribution >= 4 is 35.5 Å². The molecule has 2 aromatic rings. The van der Waals surface area contributed by atoms with E-state index in [9.17, 15) is 15.1 Å². The fourth-order valence-corrected chi connectivity index (χ4v) is 2.84. The highest BCUT2D eigenvalue weighted by Crippen LogP contribution is 2.36. The van der Waals surface area contributed by atoms with Crippen molar-refractivity contribution in [2.24, 2.45) is 0 Å². The summed E-state index contributed by atoms with van der Waals surface area (Å²) in [6.07, 6.45) is -2.19. The molecule has 1 fully saturated rings. The molecule has 0 aliphatic carbocycles. The molecule has 1 aliphatic rings. The third-order valence-electron chi connectivity index (χ3n) is 3.40. The molecule has 126 valence electrons. The highest BCUT2D eigenvalue weighted by molar-refractivity contribution is 8.06. The summed E-state index contributed by atoms with van der Waals surface area (Å²) in [4.78, 5) is 31.8. The summed E-state index contributed by atoms with van der Waals surface area (Å²) < 4.78 is 11.4. The molecule has 11 nitrogen and oxygen atoms in total. The van der Waals surface area contributed by atoms with Crippen molar-refractivity contribution in [2.75, 3.05) is 12.3 Å². The summed E-state index contributed by atoms with van der Waals surface area (Å²) in [5, 5.41) is 20.1. The van der Waals surface area contributed by atoms with Gasteiger partial charge in [-0.1, -0.05) is 11.8 Å². The van der Waals surface area contributed by atoms with Crippen molar-refractivity contribution in [2.45, 2.75) is 24.5 Å². The first-order valence-electron chi connectivity index (χ1n) is 6.41. The smallest absolute Gasteiger partial charge is 0.167 e. The molecule has 0 saturated carbocycles. The van der Waals surface area contributed by atoms with Gasteiger partial charge in [0, 0.05) is 0 Å². The van der Waals surface area contributed by atoms with E-state index in [1.54, 1.807) is 0 Å². The lowest BCUT2D eigenvalue weighted by Crippen LogP contribution is -2.33. The molecule has 2 aromatic heterocycles. The van der Waals surface area contributed by atoms with E-state index in [0.29, 0.717) is 11.2 Å². The van der Waals surface area contributed by atoms with E-state index >= 15 is 0 Å². The van der Waals surface area contributed by atoms with Gasteiger partial charge in [-0.2, -0.15) is 0 Å². The third-order valence-corrected chi connectivity index (χ3v) is 4.19. The van der Waals surface area contributed by atoms with Crippen LogP contribution in [-0.2, 0) is 21.1 Å². The number of ether oxygens (including phenoxy) is 1. The number of nitrogens with two attached hydrogens (primary N) is 1. The minimum Gasteiger partial charge on any atom is -0.780 e. The topological polar surface area (TPSA) is 172 Å². The van der Waals surface area contributed by atoms with E-state index in [1.165, 1.54) is 17.2 Å². The summed E-state index contributed by atoms with van der Waals surface area (Å²) in [5.41, 5.74) is 6.32. The zero-order valence-electron chi connectivity index (χ0n) is 11.5. The van der Waals surface area contributed by atoms with Gasteiger partial charge in [0.1, 0.15) is 36.9 Å². The number of rotatable bonds is 4. The number of aliphatic hydroxyl groups is 2. The molecular weight excluding hydrogens is 349 g/mol. The van der Waals surface area contributed by atoms with Crippen LogP contribution in [0.4, 0.5) is 5.82 Å². The number of aromatic nitrogens is 4. The standard InChI is InChI=1S/C10H14N5O6PS/c11-8-5-9(13-2-12-8)15(3-14-5)10-7(17)6(16)4(21-10)1-20-22(18,19)23/h2-4,6-7,10,16-17H,1H2,(H2,11,12,13)(H2,18,19,23)/p-1/t4-,6?,7+,10-/m1/s1. The molecule has 13 heteroatoms. The summed E-state index contributed by atoms with van der Waals surface area (Å²) in [6.45, 7) is -4.58. The van der Waals surface area contributed by atoms with Crippen LogP contribution in [0, 0.1) is 0 Å². The van der Waals surface area contributed by atoms with E-state index in [2.05, 4.69) is 31.3 Å². The van der Waals surface area contributed by atoms with Crippen LogP contribution in [0.2, 0.25) is 0 Å². The van der Waals surface area contributed by atoms with Crippen molar-refractivity contribution < 1.29 is 29.3 Å². The summed E-state index contributed by atoms with van der Waals surface area (Å²) in [7, 11) is 0. The highest BCUT2D eigenvalue weighted by Gasteiger charge is 2.44. The Labute approximate surface area is 134 Å². The largest absolute Gasteiger partial charge is 0.780 e. The average molecular weight is 362 g/mol.